The highest BCUT2D eigenvalue weighted by Crippen LogP contribution is 2.32. The van der Waals surface area contributed by atoms with Crippen molar-refractivity contribution in [1.29, 1.82) is 0 Å². The number of benzene rings is 2. The van der Waals surface area contributed by atoms with Crippen LogP contribution in [0.5, 0.6) is 5.75 Å². The van der Waals surface area contributed by atoms with Gasteiger partial charge in [-0.15, -0.1) is 0 Å². The fraction of sp³-hybridized carbons (Fsp3) is 0.111. The van der Waals surface area contributed by atoms with Crippen LogP contribution in [-0.2, 0) is 11.8 Å². The van der Waals surface area contributed by atoms with Crippen molar-refractivity contribution in [2.45, 2.75) is 10.1 Å². The Morgan fingerprint density at radius 2 is 2.08 bits per heavy atom. The van der Waals surface area contributed by atoms with Crippen LogP contribution in [0.3, 0.4) is 0 Å². The lowest BCUT2D eigenvalue weighted by Gasteiger charge is -2.12. The largest absolute Gasteiger partial charge is 0.484 e. The third-order valence-electron chi connectivity index (χ3n) is 3.38. The zero-order chi connectivity index (χ0) is 18.5. The number of nitrogens with one attached hydrogen (secondary N) is 1. The van der Waals surface area contributed by atoms with E-state index >= 15 is 0 Å². The molecular formula is C18H15BrFN3O2S. The van der Waals surface area contributed by atoms with Gasteiger partial charge in [-0.1, -0.05) is 15.9 Å². The monoisotopic (exact) mass is 435 g/mol. The number of aryl methyl sites for hydroxylation is 1. The van der Waals surface area contributed by atoms with Crippen LogP contribution < -0.4 is 10.1 Å². The first kappa shape index (κ1) is 18.5. The Morgan fingerprint density at radius 1 is 1.31 bits per heavy atom. The van der Waals surface area contributed by atoms with Gasteiger partial charge in [-0.05, 0) is 54.2 Å². The lowest BCUT2D eigenvalue weighted by atomic mass is 10.3. The summed E-state index contributed by atoms with van der Waals surface area (Å²) >= 11 is 4.67. The molecule has 0 bridgehead atoms. The van der Waals surface area contributed by atoms with E-state index in [1.807, 2.05) is 29.9 Å². The molecule has 0 fully saturated rings. The normalized spacial score (nSPS) is 10.6. The number of carbonyl (C=O) groups is 1. The molecule has 1 amide bonds. The second kappa shape index (κ2) is 8.37. The van der Waals surface area contributed by atoms with Crippen molar-refractivity contribution in [3.63, 3.8) is 0 Å². The Labute approximate surface area is 162 Å². The number of aromatic nitrogens is 2. The molecule has 0 atom stereocenters. The van der Waals surface area contributed by atoms with Crippen molar-refractivity contribution in [3.05, 3.63) is 65.1 Å². The molecule has 1 N–H and O–H groups in total. The zero-order valence-corrected chi connectivity index (χ0v) is 16.2. The third kappa shape index (κ3) is 4.86. The number of hydrogen-bond acceptors (Lipinski definition) is 4. The smallest absolute Gasteiger partial charge is 0.262 e. The molecule has 0 aliphatic rings. The van der Waals surface area contributed by atoms with Crippen molar-refractivity contribution in [1.82, 2.24) is 9.55 Å². The van der Waals surface area contributed by atoms with Gasteiger partial charge in [0.2, 0.25) is 0 Å². The lowest BCUT2D eigenvalue weighted by Crippen LogP contribution is -2.20. The fourth-order valence-electron chi connectivity index (χ4n) is 2.10. The van der Waals surface area contributed by atoms with Crippen LogP contribution in [0, 0.1) is 5.82 Å². The summed E-state index contributed by atoms with van der Waals surface area (Å²) < 4.78 is 21.8. The number of rotatable bonds is 6. The van der Waals surface area contributed by atoms with Crippen molar-refractivity contribution >= 4 is 39.3 Å². The summed E-state index contributed by atoms with van der Waals surface area (Å²) in [6.45, 7) is -0.176. The molecule has 1 heterocycles. The molecule has 0 spiro atoms. The molecule has 1 aromatic heterocycles. The van der Waals surface area contributed by atoms with Crippen LogP contribution in [0.1, 0.15) is 0 Å². The molecule has 2 aromatic carbocycles. The molecule has 0 saturated carbocycles. The zero-order valence-electron chi connectivity index (χ0n) is 13.8. The van der Waals surface area contributed by atoms with Crippen LogP contribution >= 0.6 is 27.7 Å². The molecule has 0 saturated heterocycles. The van der Waals surface area contributed by atoms with Gasteiger partial charge in [0.05, 0.1) is 5.69 Å². The summed E-state index contributed by atoms with van der Waals surface area (Å²) in [4.78, 5) is 17.1. The molecule has 3 rings (SSSR count). The number of nitrogens with zero attached hydrogens (tertiary/aromatic N) is 2. The maximum absolute atomic E-state index is 13.6. The highest BCUT2D eigenvalue weighted by atomic mass is 79.9. The van der Waals surface area contributed by atoms with Crippen molar-refractivity contribution in [3.8, 4) is 5.75 Å². The minimum atomic E-state index is -0.432. The van der Waals surface area contributed by atoms with Crippen molar-refractivity contribution in [2.75, 3.05) is 11.9 Å². The Balaban J connectivity index is 1.68. The fourth-order valence-corrected chi connectivity index (χ4v) is 3.24. The minimum Gasteiger partial charge on any atom is -0.484 e. The van der Waals surface area contributed by atoms with E-state index in [1.54, 1.807) is 24.4 Å². The van der Waals surface area contributed by atoms with Crippen molar-refractivity contribution < 1.29 is 13.9 Å². The molecule has 0 unspecified atom stereocenters. The van der Waals surface area contributed by atoms with E-state index in [4.69, 9.17) is 4.74 Å². The van der Waals surface area contributed by atoms with Gasteiger partial charge in [0, 0.05) is 28.8 Å². The second-order valence-corrected chi connectivity index (χ2v) is 7.28. The summed E-state index contributed by atoms with van der Waals surface area (Å²) in [7, 11) is 1.86. The Kier molecular flexibility index (Phi) is 5.95. The third-order valence-corrected chi connectivity index (χ3v) is 5.06. The van der Waals surface area contributed by atoms with Crippen LogP contribution in [-0.4, -0.2) is 22.1 Å². The van der Waals surface area contributed by atoms with Gasteiger partial charge in [0.1, 0.15) is 11.6 Å². The van der Waals surface area contributed by atoms with Gasteiger partial charge in [0.15, 0.2) is 11.8 Å². The predicted octanol–water partition coefficient (Wildman–Crippen LogP) is 4.49. The first-order chi connectivity index (χ1) is 12.5. The summed E-state index contributed by atoms with van der Waals surface area (Å²) in [5, 5.41) is 3.43. The quantitative estimate of drug-likeness (QED) is 0.619. The maximum atomic E-state index is 13.6. The number of carbonyl (C=O) groups excluding carboxylic acids is 1. The lowest BCUT2D eigenvalue weighted by molar-refractivity contribution is -0.118. The molecule has 5 nitrogen and oxygen atoms in total. The molecule has 3 aromatic rings. The number of halogens is 2. The van der Waals surface area contributed by atoms with Gasteiger partial charge in [-0.3, -0.25) is 4.79 Å². The molecule has 0 aliphatic heterocycles. The SMILES string of the molecule is Cn1ccnc1Sc1ccc(F)cc1NC(=O)COc1ccc(Br)cc1. The van der Waals surface area contributed by atoms with E-state index < -0.39 is 5.82 Å². The Bertz CT molecular complexity index is 915. The minimum absolute atomic E-state index is 0.176. The van der Waals surface area contributed by atoms with Gasteiger partial charge >= 0.3 is 0 Å². The average Bonchev–Trinajstić information content (AvgIpc) is 3.02. The van der Waals surface area contributed by atoms with Crippen LogP contribution in [0.15, 0.2) is 69.4 Å². The highest BCUT2D eigenvalue weighted by molar-refractivity contribution is 9.10. The molecule has 0 aliphatic carbocycles. The number of amides is 1. The molecule has 8 heteroatoms. The van der Waals surface area contributed by atoms with E-state index in [2.05, 4.69) is 26.2 Å². The van der Waals surface area contributed by atoms with E-state index in [0.29, 0.717) is 16.3 Å². The van der Waals surface area contributed by atoms with E-state index in [0.717, 1.165) is 9.63 Å². The first-order valence-electron chi connectivity index (χ1n) is 7.64. The van der Waals surface area contributed by atoms with Gasteiger partial charge in [-0.2, -0.15) is 0 Å². The Morgan fingerprint density at radius 3 is 2.77 bits per heavy atom. The molecule has 134 valence electrons. The average molecular weight is 436 g/mol. The van der Waals surface area contributed by atoms with E-state index in [9.17, 15) is 9.18 Å². The number of hydrogen-bond donors (Lipinski definition) is 1. The van der Waals surface area contributed by atoms with Gasteiger partial charge in [-0.25, -0.2) is 9.37 Å². The number of imidazole rings is 1. The standard InChI is InChI=1S/C18H15BrFN3O2S/c1-23-9-8-21-18(23)26-16-7-4-13(20)10-15(16)22-17(24)11-25-14-5-2-12(19)3-6-14/h2-10H,11H2,1H3,(H,22,24). The summed E-state index contributed by atoms with van der Waals surface area (Å²) in [5.41, 5.74) is 0.377. The number of ether oxygens (including phenoxy) is 1. The maximum Gasteiger partial charge on any atom is 0.262 e. The van der Waals surface area contributed by atoms with Crippen LogP contribution in [0.4, 0.5) is 10.1 Å². The predicted molar refractivity (Wildman–Crippen MR) is 102 cm³/mol. The van der Waals surface area contributed by atoms with Crippen LogP contribution in [0.25, 0.3) is 0 Å². The number of anilines is 1. The highest BCUT2D eigenvalue weighted by Gasteiger charge is 2.12. The van der Waals surface area contributed by atoms with Crippen molar-refractivity contribution in [2.24, 2.45) is 7.05 Å². The molecule has 0 radical (unpaired) electrons. The molecule has 26 heavy (non-hydrogen) atoms. The van der Waals surface area contributed by atoms with E-state index in [1.165, 1.54) is 23.9 Å². The summed E-state index contributed by atoms with van der Waals surface area (Å²) in [5.74, 6) is -0.233. The first-order valence-corrected chi connectivity index (χ1v) is 9.25. The second-order valence-electron chi connectivity index (χ2n) is 5.35. The molecular weight excluding hydrogens is 421 g/mol. The Hall–Kier alpha value is -2.32. The van der Waals surface area contributed by atoms with Gasteiger partial charge < -0.3 is 14.6 Å². The van der Waals surface area contributed by atoms with Crippen LogP contribution in [0.2, 0.25) is 0 Å². The summed E-state index contributed by atoms with van der Waals surface area (Å²) in [6.07, 6.45) is 3.49. The van der Waals surface area contributed by atoms with E-state index in [-0.39, 0.29) is 12.5 Å². The topological polar surface area (TPSA) is 56.2 Å². The summed E-state index contributed by atoms with van der Waals surface area (Å²) in [6, 6.07) is 11.4. The van der Waals surface area contributed by atoms with Gasteiger partial charge in [0.25, 0.3) is 5.91 Å².